The van der Waals surface area contributed by atoms with Crippen LogP contribution < -0.4 is 10.2 Å². The van der Waals surface area contributed by atoms with Crippen LogP contribution in [0.25, 0.3) is 10.7 Å². The highest BCUT2D eigenvalue weighted by molar-refractivity contribution is 7.13. The second-order valence-corrected chi connectivity index (χ2v) is 7.06. The number of anilines is 1. The lowest BCUT2D eigenvalue weighted by Crippen LogP contribution is -2.30. The van der Waals surface area contributed by atoms with Gasteiger partial charge in [-0.3, -0.25) is 4.79 Å². The summed E-state index contributed by atoms with van der Waals surface area (Å²) < 4.78 is 5.22. The van der Waals surface area contributed by atoms with Gasteiger partial charge in [-0.05, 0) is 36.9 Å². The van der Waals surface area contributed by atoms with E-state index < -0.39 is 0 Å². The van der Waals surface area contributed by atoms with Crippen LogP contribution in [0, 0.1) is 0 Å². The largest absolute Gasteiger partial charge is 0.372 e. The molecule has 1 amide bonds. The van der Waals surface area contributed by atoms with Crippen molar-refractivity contribution in [1.82, 2.24) is 15.5 Å². The van der Waals surface area contributed by atoms with Gasteiger partial charge in [-0.15, -0.1) is 11.3 Å². The minimum Gasteiger partial charge on any atom is -0.372 e. The number of hydrogen-bond acceptors (Lipinski definition) is 6. The summed E-state index contributed by atoms with van der Waals surface area (Å²) in [5.74, 6) is 1.09. The van der Waals surface area contributed by atoms with E-state index in [2.05, 4.69) is 39.4 Å². The fourth-order valence-corrected chi connectivity index (χ4v) is 3.43. The molecule has 2 aromatic heterocycles. The van der Waals surface area contributed by atoms with Gasteiger partial charge in [-0.1, -0.05) is 29.4 Å². The normalized spacial score (nSPS) is 10.7. The molecule has 0 saturated carbocycles. The van der Waals surface area contributed by atoms with Gasteiger partial charge in [0.1, 0.15) is 0 Å². The van der Waals surface area contributed by atoms with E-state index in [9.17, 15) is 4.79 Å². The molecule has 6 nitrogen and oxygen atoms in total. The monoisotopic (exact) mass is 384 g/mol. The number of para-hydroxylation sites is 1. The average Bonchev–Trinajstić information content (AvgIpc) is 3.39. The van der Waals surface area contributed by atoms with Crippen molar-refractivity contribution < 1.29 is 9.32 Å². The molecule has 0 spiro atoms. The van der Waals surface area contributed by atoms with E-state index in [0.717, 1.165) is 24.4 Å². The Bertz CT molecular complexity index is 818. The molecule has 0 aliphatic heterocycles. The van der Waals surface area contributed by atoms with Crippen LogP contribution in [0.15, 0.2) is 52.4 Å². The fourth-order valence-electron chi connectivity index (χ4n) is 2.78. The number of carbonyl (C=O) groups is 1. The summed E-state index contributed by atoms with van der Waals surface area (Å²) in [5, 5.41) is 8.89. The number of thiophene rings is 1. The van der Waals surface area contributed by atoms with Crippen molar-refractivity contribution in [1.29, 1.82) is 0 Å². The van der Waals surface area contributed by atoms with Crippen LogP contribution in [-0.4, -0.2) is 35.7 Å². The maximum absolute atomic E-state index is 12.0. The molecule has 0 atom stereocenters. The fraction of sp³-hybridized carbons (Fsp3) is 0.350. The predicted octanol–water partition coefficient (Wildman–Crippen LogP) is 3.76. The van der Waals surface area contributed by atoms with Gasteiger partial charge >= 0.3 is 0 Å². The third kappa shape index (κ3) is 5.65. The summed E-state index contributed by atoms with van der Waals surface area (Å²) in [6, 6.07) is 14.2. The molecular formula is C20H24N4O2S. The Hall–Kier alpha value is -2.67. The molecule has 3 aromatic rings. The zero-order chi connectivity index (χ0) is 18.9. The quantitative estimate of drug-likeness (QED) is 0.539. The van der Waals surface area contributed by atoms with Crippen LogP contribution in [0.2, 0.25) is 0 Å². The van der Waals surface area contributed by atoms with Crippen molar-refractivity contribution in [3.63, 3.8) is 0 Å². The highest BCUT2D eigenvalue weighted by Gasteiger charge is 2.11. The highest BCUT2D eigenvalue weighted by atomic mass is 32.1. The van der Waals surface area contributed by atoms with E-state index in [1.807, 2.05) is 35.7 Å². The van der Waals surface area contributed by atoms with Gasteiger partial charge in [0.15, 0.2) is 0 Å². The van der Waals surface area contributed by atoms with Crippen LogP contribution in [0.4, 0.5) is 5.69 Å². The first-order chi connectivity index (χ1) is 13.3. The summed E-state index contributed by atoms with van der Waals surface area (Å²) in [6.45, 7) is 4.66. The molecule has 0 aliphatic rings. The summed E-state index contributed by atoms with van der Waals surface area (Å²) in [5.41, 5.74) is 1.21. The van der Waals surface area contributed by atoms with Gasteiger partial charge in [0.2, 0.25) is 17.6 Å². The Labute approximate surface area is 163 Å². The lowest BCUT2D eigenvalue weighted by Gasteiger charge is -2.23. The standard InChI is InChI=1S/C20H24N4O2S/c1-2-24(16-8-4-3-5-9-16)14-7-13-21-18(25)11-12-19-22-20(23-26-19)17-10-6-15-27-17/h3-6,8-10,15H,2,7,11-14H2,1H3,(H,21,25). The van der Waals surface area contributed by atoms with E-state index in [0.29, 0.717) is 31.1 Å². The van der Waals surface area contributed by atoms with E-state index in [1.165, 1.54) is 5.69 Å². The Balaban J connectivity index is 1.35. The van der Waals surface area contributed by atoms with Gasteiger partial charge in [0, 0.05) is 38.2 Å². The van der Waals surface area contributed by atoms with Crippen molar-refractivity contribution in [2.24, 2.45) is 0 Å². The van der Waals surface area contributed by atoms with Crippen molar-refractivity contribution >= 4 is 22.9 Å². The molecule has 0 fully saturated rings. The van der Waals surface area contributed by atoms with E-state index in [-0.39, 0.29) is 5.91 Å². The van der Waals surface area contributed by atoms with Crippen LogP contribution in [0.5, 0.6) is 0 Å². The van der Waals surface area contributed by atoms with Crippen molar-refractivity contribution in [3.8, 4) is 10.7 Å². The van der Waals surface area contributed by atoms with Crippen molar-refractivity contribution in [3.05, 3.63) is 53.7 Å². The first-order valence-electron chi connectivity index (χ1n) is 9.19. The molecule has 142 valence electrons. The lowest BCUT2D eigenvalue weighted by molar-refractivity contribution is -0.121. The SMILES string of the molecule is CCN(CCCNC(=O)CCc1nc(-c2cccs2)no1)c1ccccc1. The summed E-state index contributed by atoms with van der Waals surface area (Å²) in [4.78, 5) is 19.6. The number of nitrogens with one attached hydrogen (secondary N) is 1. The maximum atomic E-state index is 12.0. The minimum absolute atomic E-state index is 0.00799. The van der Waals surface area contributed by atoms with Crippen LogP contribution in [-0.2, 0) is 11.2 Å². The van der Waals surface area contributed by atoms with Crippen LogP contribution in [0.3, 0.4) is 0 Å². The van der Waals surface area contributed by atoms with Gasteiger partial charge in [0.05, 0.1) is 4.88 Å². The van der Waals surface area contributed by atoms with Gasteiger partial charge in [-0.25, -0.2) is 0 Å². The molecule has 1 aromatic carbocycles. The molecule has 2 heterocycles. The zero-order valence-electron chi connectivity index (χ0n) is 15.4. The molecule has 0 radical (unpaired) electrons. The Morgan fingerprint density at radius 3 is 2.81 bits per heavy atom. The number of amides is 1. The lowest BCUT2D eigenvalue weighted by atomic mass is 10.2. The average molecular weight is 385 g/mol. The molecule has 1 N–H and O–H groups in total. The molecule has 0 unspecified atom stereocenters. The number of rotatable bonds is 10. The highest BCUT2D eigenvalue weighted by Crippen LogP contribution is 2.21. The molecule has 27 heavy (non-hydrogen) atoms. The maximum Gasteiger partial charge on any atom is 0.227 e. The summed E-state index contributed by atoms with van der Waals surface area (Å²) in [6.07, 6.45) is 1.70. The van der Waals surface area contributed by atoms with E-state index in [1.54, 1.807) is 11.3 Å². The molecule has 0 aliphatic carbocycles. The van der Waals surface area contributed by atoms with Crippen LogP contribution >= 0.6 is 11.3 Å². The number of benzene rings is 1. The topological polar surface area (TPSA) is 71.3 Å². The number of aromatic nitrogens is 2. The number of nitrogens with zero attached hydrogens (tertiary/aromatic N) is 3. The van der Waals surface area contributed by atoms with Gasteiger partial charge in [0.25, 0.3) is 0 Å². The summed E-state index contributed by atoms with van der Waals surface area (Å²) in [7, 11) is 0. The third-order valence-corrected chi connectivity index (χ3v) is 5.07. The van der Waals surface area contributed by atoms with Crippen LogP contribution in [0.1, 0.15) is 25.7 Å². The third-order valence-electron chi connectivity index (χ3n) is 4.21. The zero-order valence-corrected chi connectivity index (χ0v) is 16.2. The second kappa shape index (κ2) is 9.87. The molecule has 3 rings (SSSR count). The predicted molar refractivity (Wildman–Crippen MR) is 108 cm³/mol. The molecule has 7 heteroatoms. The number of carbonyl (C=O) groups excluding carboxylic acids is 1. The molecular weight excluding hydrogens is 360 g/mol. The Kier molecular flexibility index (Phi) is 6.98. The Morgan fingerprint density at radius 1 is 1.22 bits per heavy atom. The minimum atomic E-state index is 0.00799. The number of aryl methyl sites for hydroxylation is 1. The second-order valence-electron chi connectivity index (χ2n) is 6.11. The van der Waals surface area contributed by atoms with E-state index in [4.69, 9.17) is 4.52 Å². The first-order valence-corrected chi connectivity index (χ1v) is 10.1. The summed E-state index contributed by atoms with van der Waals surface area (Å²) >= 11 is 1.56. The molecule has 0 saturated heterocycles. The van der Waals surface area contributed by atoms with E-state index >= 15 is 0 Å². The van der Waals surface area contributed by atoms with Gasteiger partial charge < -0.3 is 14.7 Å². The van der Waals surface area contributed by atoms with Gasteiger partial charge in [-0.2, -0.15) is 4.98 Å². The van der Waals surface area contributed by atoms with Crippen molar-refractivity contribution in [2.75, 3.05) is 24.5 Å². The Morgan fingerprint density at radius 2 is 2.07 bits per heavy atom. The first kappa shape index (κ1) is 19.1. The smallest absolute Gasteiger partial charge is 0.227 e. The number of hydrogen-bond donors (Lipinski definition) is 1. The van der Waals surface area contributed by atoms with Crippen molar-refractivity contribution in [2.45, 2.75) is 26.2 Å². The molecule has 0 bridgehead atoms.